The lowest BCUT2D eigenvalue weighted by atomic mass is 10.0. The van der Waals surface area contributed by atoms with Gasteiger partial charge in [-0.2, -0.15) is 0 Å². The van der Waals surface area contributed by atoms with E-state index >= 15 is 0 Å². The van der Waals surface area contributed by atoms with E-state index < -0.39 is 0 Å². The van der Waals surface area contributed by atoms with Crippen LogP contribution >= 0.6 is 0 Å². The molecular weight excluding hydrogens is 250 g/mol. The van der Waals surface area contributed by atoms with Crippen LogP contribution in [0, 0.1) is 6.92 Å². The summed E-state index contributed by atoms with van der Waals surface area (Å²) in [5.41, 5.74) is 2.42. The Hall–Kier alpha value is -1.65. The van der Waals surface area contributed by atoms with Crippen LogP contribution in [0.4, 0.5) is 0 Å². The zero-order valence-corrected chi connectivity index (χ0v) is 12.1. The summed E-state index contributed by atoms with van der Waals surface area (Å²) in [6.45, 7) is 6.69. The molecule has 1 atom stereocenters. The molecule has 1 aliphatic heterocycles. The van der Waals surface area contributed by atoms with Crippen molar-refractivity contribution in [1.29, 1.82) is 0 Å². The maximum atomic E-state index is 5.48. The van der Waals surface area contributed by atoms with E-state index in [1.54, 1.807) is 0 Å². The minimum atomic E-state index is 0.0830. The average Bonchev–Trinajstić information content (AvgIpc) is 3.05. The number of nitrogens with one attached hydrogen (secondary N) is 1. The van der Waals surface area contributed by atoms with Crippen LogP contribution in [0.5, 0.6) is 0 Å². The summed E-state index contributed by atoms with van der Waals surface area (Å²) in [4.78, 5) is 4.45. The molecule has 2 aromatic rings. The van der Waals surface area contributed by atoms with Crippen LogP contribution in [0.25, 0.3) is 5.69 Å². The molecule has 1 aliphatic rings. The molecule has 0 bridgehead atoms. The van der Waals surface area contributed by atoms with Gasteiger partial charge >= 0.3 is 0 Å². The first-order valence-corrected chi connectivity index (χ1v) is 7.09. The maximum absolute atomic E-state index is 5.48. The first kappa shape index (κ1) is 13.3. The van der Waals surface area contributed by atoms with Crippen molar-refractivity contribution >= 4 is 0 Å². The second-order valence-corrected chi connectivity index (χ2v) is 5.68. The Labute approximate surface area is 119 Å². The van der Waals surface area contributed by atoms with Gasteiger partial charge in [-0.3, -0.25) is 4.57 Å². The van der Waals surface area contributed by atoms with Crippen molar-refractivity contribution < 1.29 is 4.74 Å². The third-order valence-electron chi connectivity index (χ3n) is 3.94. The van der Waals surface area contributed by atoms with E-state index in [1.165, 1.54) is 5.69 Å². The lowest BCUT2D eigenvalue weighted by molar-refractivity contribution is 0.171. The maximum Gasteiger partial charge on any atom is 0.110 e. The molecule has 0 spiro atoms. The summed E-state index contributed by atoms with van der Waals surface area (Å²) in [5.74, 6) is 1.01. The van der Waals surface area contributed by atoms with Crippen LogP contribution < -0.4 is 5.32 Å². The second-order valence-electron chi connectivity index (χ2n) is 5.68. The number of ether oxygens (including phenoxy) is 1. The normalized spacial score (nSPS) is 22.3. The quantitative estimate of drug-likeness (QED) is 0.928. The van der Waals surface area contributed by atoms with Gasteiger partial charge in [-0.1, -0.05) is 18.2 Å². The zero-order valence-electron chi connectivity index (χ0n) is 12.1. The van der Waals surface area contributed by atoms with Crippen molar-refractivity contribution in [2.45, 2.75) is 32.4 Å². The largest absolute Gasteiger partial charge is 0.379 e. The molecule has 1 aromatic carbocycles. The first-order chi connectivity index (χ1) is 9.68. The standard InChI is InChI=1S/C16H21N3O/c1-13-17-10-15(11-18-16(2)8-9-20-12-16)19(13)14-6-4-3-5-7-14/h3-7,10,18H,8-9,11-12H2,1-2H3. The molecule has 4 nitrogen and oxygen atoms in total. The van der Waals surface area contributed by atoms with E-state index in [4.69, 9.17) is 4.74 Å². The minimum absolute atomic E-state index is 0.0830. The Morgan fingerprint density at radius 2 is 2.15 bits per heavy atom. The monoisotopic (exact) mass is 271 g/mol. The van der Waals surface area contributed by atoms with E-state index in [2.05, 4.69) is 46.1 Å². The molecule has 2 heterocycles. The van der Waals surface area contributed by atoms with Crippen LogP contribution in [0.2, 0.25) is 0 Å². The zero-order chi connectivity index (χ0) is 14.0. The van der Waals surface area contributed by atoms with Crippen LogP contribution in [0.15, 0.2) is 36.5 Å². The SMILES string of the molecule is Cc1ncc(CNC2(C)CCOC2)n1-c1ccccc1. The van der Waals surface area contributed by atoms with Gasteiger partial charge in [0.2, 0.25) is 0 Å². The van der Waals surface area contributed by atoms with Crippen molar-refractivity contribution in [3.63, 3.8) is 0 Å². The molecule has 0 saturated carbocycles. The van der Waals surface area contributed by atoms with Crippen molar-refractivity contribution in [2.75, 3.05) is 13.2 Å². The fourth-order valence-electron chi connectivity index (χ4n) is 2.66. The Balaban J connectivity index is 1.81. The number of nitrogens with zero attached hydrogens (tertiary/aromatic N) is 2. The fourth-order valence-corrected chi connectivity index (χ4v) is 2.66. The molecule has 1 unspecified atom stereocenters. The van der Waals surface area contributed by atoms with Crippen LogP contribution in [0.1, 0.15) is 24.9 Å². The molecule has 1 aromatic heterocycles. The third kappa shape index (κ3) is 2.62. The van der Waals surface area contributed by atoms with Crippen LogP contribution in [0.3, 0.4) is 0 Å². The van der Waals surface area contributed by atoms with Gasteiger partial charge in [-0.05, 0) is 32.4 Å². The highest BCUT2D eigenvalue weighted by atomic mass is 16.5. The average molecular weight is 271 g/mol. The highest BCUT2D eigenvalue weighted by Gasteiger charge is 2.29. The molecule has 1 N–H and O–H groups in total. The molecule has 4 heteroatoms. The predicted octanol–water partition coefficient (Wildman–Crippen LogP) is 2.45. The summed E-state index contributed by atoms with van der Waals surface area (Å²) in [6, 6.07) is 10.4. The van der Waals surface area contributed by atoms with Crippen LogP contribution in [-0.2, 0) is 11.3 Å². The van der Waals surface area contributed by atoms with Crippen molar-refractivity contribution in [1.82, 2.24) is 14.9 Å². The van der Waals surface area contributed by atoms with Gasteiger partial charge in [0, 0.05) is 24.4 Å². The number of para-hydroxylation sites is 1. The topological polar surface area (TPSA) is 39.1 Å². The van der Waals surface area contributed by atoms with E-state index in [0.29, 0.717) is 0 Å². The number of hydrogen-bond donors (Lipinski definition) is 1. The van der Waals surface area contributed by atoms with Gasteiger partial charge in [-0.25, -0.2) is 4.98 Å². The number of aromatic nitrogens is 2. The number of aryl methyl sites for hydroxylation is 1. The summed E-state index contributed by atoms with van der Waals surface area (Å²) >= 11 is 0. The van der Waals surface area contributed by atoms with Crippen molar-refractivity contribution in [3.8, 4) is 5.69 Å². The molecular formula is C16H21N3O. The van der Waals surface area contributed by atoms with Crippen LogP contribution in [-0.4, -0.2) is 28.3 Å². The van der Waals surface area contributed by atoms with Crippen molar-refractivity contribution in [3.05, 3.63) is 48.0 Å². The van der Waals surface area contributed by atoms with E-state index in [-0.39, 0.29) is 5.54 Å². The second kappa shape index (κ2) is 5.38. The van der Waals surface area contributed by atoms with Crippen molar-refractivity contribution in [2.24, 2.45) is 0 Å². The third-order valence-corrected chi connectivity index (χ3v) is 3.94. The molecule has 106 valence electrons. The molecule has 3 rings (SSSR count). The minimum Gasteiger partial charge on any atom is -0.379 e. The highest BCUT2D eigenvalue weighted by molar-refractivity contribution is 5.35. The van der Waals surface area contributed by atoms with Gasteiger partial charge in [0.05, 0.1) is 18.5 Å². The van der Waals surface area contributed by atoms with E-state index in [1.807, 2.05) is 19.2 Å². The smallest absolute Gasteiger partial charge is 0.110 e. The van der Waals surface area contributed by atoms with E-state index in [0.717, 1.165) is 37.7 Å². The first-order valence-electron chi connectivity index (χ1n) is 7.09. The molecule has 1 fully saturated rings. The molecule has 1 saturated heterocycles. The van der Waals surface area contributed by atoms with Gasteiger partial charge in [0.15, 0.2) is 0 Å². The summed E-state index contributed by atoms with van der Waals surface area (Å²) in [7, 11) is 0. The number of rotatable bonds is 4. The van der Waals surface area contributed by atoms with Gasteiger partial charge in [-0.15, -0.1) is 0 Å². The molecule has 0 radical (unpaired) electrons. The highest BCUT2D eigenvalue weighted by Crippen LogP contribution is 2.20. The Morgan fingerprint density at radius 1 is 1.35 bits per heavy atom. The van der Waals surface area contributed by atoms with Gasteiger partial charge in [0.1, 0.15) is 5.82 Å². The molecule has 0 amide bonds. The lowest BCUT2D eigenvalue weighted by Gasteiger charge is -2.24. The Kier molecular flexibility index (Phi) is 3.59. The van der Waals surface area contributed by atoms with E-state index in [9.17, 15) is 0 Å². The predicted molar refractivity (Wildman–Crippen MR) is 79.0 cm³/mol. The lowest BCUT2D eigenvalue weighted by Crippen LogP contribution is -2.42. The summed E-state index contributed by atoms with van der Waals surface area (Å²) < 4.78 is 7.68. The Bertz CT molecular complexity index is 571. The number of hydrogen-bond acceptors (Lipinski definition) is 3. The number of imidazole rings is 1. The summed E-state index contributed by atoms with van der Waals surface area (Å²) in [6.07, 6.45) is 3.01. The number of benzene rings is 1. The summed E-state index contributed by atoms with van der Waals surface area (Å²) in [5, 5.41) is 3.61. The fraction of sp³-hybridized carbons (Fsp3) is 0.438. The Morgan fingerprint density at radius 3 is 2.85 bits per heavy atom. The molecule has 0 aliphatic carbocycles. The van der Waals surface area contributed by atoms with Gasteiger partial charge < -0.3 is 10.1 Å². The van der Waals surface area contributed by atoms with Gasteiger partial charge in [0.25, 0.3) is 0 Å². The molecule has 20 heavy (non-hydrogen) atoms.